The van der Waals surface area contributed by atoms with Gasteiger partial charge >= 0.3 is 6.61 Å². The minimum absolute atomic E-state index is 0.0372. The molecule has 0 spiro atoms. The molecule has 0 unspecified atom stereocenters. The van der Waals surface area contributed by atoms with E-state index in [2.05, 4.69) is 14.9 Å². The largest absolute Gasteiger partial charge is 0.493 e. The molecular weight excluding hydrogens is 410 g/mol. The van der Waals surface area contributed by atoms with E-state index < -0.39 is 42.2 Å². The molecule has 3 aromatic rings. The third kappa shape index (κ3) is 4.36. The number of hydrogen-bond donors (Lipinski definition) is 0. The van der Waals surface area contributed by atoms with E-state index in [9.17, 15) is 26.3 Å². The van der Waals surface area contributed by atoms with Crippen molar-refractivity contribution in [1.29, 1.82) is 0 Å². The van der Waals surface area contributed by atoms with Gasteiger partial charge in [0.15, 0.2) is 35.5 Å². The molecule has 0 aliphatic rings. The van der Waals surface area contributed by atoms with Gasteiger partial charge < -0.3 is 18.7 Å². The predicted molar refractivity (Wildman–Crippen MR) is 83.5 cm³/mol. The summed E-state index contributed by atoms with van der Waals surface area (Å²) in [6, 6.07) is 3.84. The Morgan fingerprint density at radius 1 is 1.00 bits per heavy atom. The summed E-state index contributed by atoms with van der Waals surface area (Å²) in [6.45, 7) is -3.76. The highest BCUT2D eigenvalue weighted by Gasteiger charge is 2.22. The smallest absolute Gasteiger partial charge is 0.387 e. The van der Waals surface area contributed by atoms with Crippen molar-refractivity contribution in [2.45, 2.75) is 13.2 Å². The first-order valence-corrected chi connectivity index (χ1v) is 7.71. The van der Waals surface area contributed by atoms with Gasteiger partial charge in [0.1, 0.15) is 0 Å². The van der Waals surface area contributed by atoms with E-state index in [-0.39, 0.29) is 34.8 Å². The van der Waals surface area contributed by atoms with Crippen LogP contribution >= 0.6 is 0 Å². The van der Waals surface area contributed by atoms with Gasteiger partial charge in [-0.25, -0.2) is 8.78 Å². The maximum absolute atomic E-state index is 13.6. The maximum atomic E-state index is 13.6. The van der Waals surface area contributed by atoms with E-state index in [4.69, 9.17) is 14.0 Å². The topological polar surface area (TPSA) is 66.6 Å². The first-order valence-electron chi connectivity index (χ1n) is 7.71. The molecule has 0 aliphatic heterocycles. The summed E-state index contributed by atoms with van der Waals surface area (Å²) in [5.41, 5.74) is 0.271. The quantitative estimate of drug-likeness (QED) is 0.415. The van der Waals surface area contributed by atoms with Crippen LogP contribution in [0.5, 0.6) is 17.2 Å². The van der Waals surface area contributed by atoms with E-state index >= 15 is 0 Å². The Morgan fingerprint density at radius 3 is 2.31 bits per heavy atom. The molecule has 0 aliphatic carbocycles. The number of aromatic nitrogens is 2. The molecule has 0 saturated heterocycles. The zero-order valence-corrected chi connectivity index (χ0v) is 14.4. The SMILES string of the molecule is COc1cc(-c2noc(COc3c(F)c(F)cc(F)c3F)n2)ccc1OC(F)F. The summed E-state index contributed by atoms with van der Waals surface area (Å²) < 4.78 is 97.0. The van der Waals surface area contributed by atoms with Gasteiger partial charge in [-0.1, -0.05) is 5.16 Å². The first kappa shape index (κ1) is 20.3. The second-order valence-corrected chi connectivity index (χ2v) is 5.34. The molecule has 29 heavy (non-hydrogen) atoms. The Bertz CT molecular complexity index is 1000. The molecule has 2 aromatic carbocycles. The van der Waals surface area contributed by atoms with Crippen LogP contribution < -0.4 is 14.2 Å². The summed E-state index contributed by atoms with van der Waals surface area (Å²) >= 11 is 0. The highest BCUT2D eigenvalue weighted by atomic mass is 19.3. The van der Waals surface area contributed by atoms with E-state index in [0.29, 0.717) is 0 Å². The average molecular weight is 420 g/mol. The molecule has 0 fully saturated rings. The van der Waals surface area contributed by atoms with Gasteiger partial charge in [-0.05, 0) is 18.2 Å². The zero-order valence-electron chi connectivity index (χ0n) is 14.4. The Labute approximate surface area is 158 Å². The number of halogens is 6. The fourth-order valence-corrected chi connectivity index (χ4v) is 2.24. The van der Waals surface area contributed by atoms with Crippen molar-refractivity contribution in [1.82, 2.24) is 10.1 Å². The second-order valence-electron chi connectivity index (χ2n) is 5.34. The molecule has 6 nitrogen and oxygen atoms in total. The van der Waals surface area contributed by atoms with E-state index in [1.807, 2.05) is 0 Å². The Kier molecular flexibility index (Phi) is 5.80. The van der Waals surface area contributed by atoms with Crippen LogP contribution in [0.3, 0.4) is 0 Å². The third-order valence-corrected chi connectivity index (χ3v) is 3.52. The lowest BCUT2D eigenvalue weighted by molar-refractivity contribution is -0.0512. The van der Waals surface area contributed by atoms with Crippen LogP contribution in [0.2, 0.25) is 0 Å². The standard InChI is InChI=1S/C17H10F6N2O4/c1-26-11-4-7(2-3-10(11)28-17(22)23)16-24-12(29-25-16)6-27-15-13(20)8(18)5-9(19)14(15)21/h2-5,17H,6H2,1H3. The summed E-state index contributed by atoms with van der Waals surface area (Å²) in [4.78, 5) is 3.89. The predicted octanol–water partition coefficient (Wildman–Crippen LogP) is 4.48. The number of methoxy groups -OCH3 is 1. The van der Waals surface area contributed by atoms with Gasteiger partial charge in [-0.15, -0.1) is 0 Å². The lowest BCUT2D eigenvalue weighted by Crippen LogP contribution is -2.04. The minimum atomic E-state index is -3.06. The van der Waals surface area contributed by atoms with Gasteiger partial charge in [0.25, 0.3) is 5.89 Å². The minimum Gasteiger partial charge on any atom is -0.493 e. The van der Waals surface area contributed by atoms with Crippen LogP contribution in [0, 0.1) is 23.3 Å². The highest BCUT2D eigenvalue weighted by molar-refractivity contribution is 5.60. The molecule has 3 rings (SSSR count). The van der Waals surface area contributed by atoms with Crippen LogP contribution in [-0.2, 0) is 6.61 Å². The molecule has 12 heteroatoms. The van der Waals surface area contributed by atoms with Crippen molar-refractivity contribution in [3.8, 4) is 28.6 Å². The number of alkyl halides is 2. The average Bonchev–Trinajstić information content (AvgIpc) is 3.15. The lowest BCUT2D eigenvalue weighted by atomic mass is 10.2. The summed E-state index contributed by atoms with van der Waals surface area (Å²) in [7, 11) is 1.23. The molecule has 0 atom stereocenters. The Hall–Kier alpha value is -3.44. The van der Waals surface area contributed by atoms with Crippen molar-refractivity contribution in [3.05, 3.63) is 53.4 Å². The summed E-state index contributed by atoms with van der Waals surface area (Å²) in [6.07, 6.45) is 0. The fourth-order valence-electron chi connectivity index (χ4n) is 2.24. The van der Waals surface area contributed by atoms with E-state index in [1.54, 1.807) is 0 Å². The number of rotatable bonds is 7. The molecule has 154 valence electrons. The Balaban J connectivity index is 1.78. The lowest BCUT2D eigenvalue weighted by Gasteiger charge is -2.10. The van der Waals surface area contributed by atoms with Crippen LogP contribution in [0.25, 0.3) is 11.4 Å². The van der Waals surface area contributed by atoms with E-state index in [0.717, 1.165) is 0 Å². The molecule has 0 N–H and O–H groups in total. The monoisotopic (exact) mass is 420 g/mol. The second kappa shape index (κ2) is 8.29. The number of ether oxygens (including phenoxy) is 3. The fraction of sp³-hybridized carbons (Fsp3) is 0.176. The van der Waals surface area contributed by atoms with Crippen molar-refractivity contribution in [2.24, 2.45) is 0 Å². The molecule has 0 radical (unpaired) electrons. The van der Waals surface area contributed by atoms with Crippen molar-refractivity contribution < 1.29 is 45.1 Å². The molecule has 0 amide bonds. The van der Waals surface area contributed by atoms with Crippen molar-refractivity contribution in [2.75, 3.05) is 7.11 Å². The highest BCUT2D eigenvalue weighted by Crippen LogP contribution is 2.33. The number of hydrogen-bond acceptors (Lipinski definition) is 6. The molecular formula is C17H10F6N2O4. The maximum Gasteiger partial charge on any atom is 0.387 e. The van der Waals surface area contributed by atoms with Crippen LogP contribution in [0.1, 0.15) is 5.89 Å². The van der Waals surface area contributed by atoms with Gasteiger partial charge in [0, 0.05) is 11.6 Å². The van der Waals surface area contributed by atoms with Gasteiger partial charge in [0.05, 0.1) is 7.11 Å². The molecule has 1 aromatic heterocycles. The van der Waals surface area contributed by atoms with Gasteiger partial charge in [0.2, 0.25) is 17.5 Å². The van der Waals surface area contributed by atoms with Crippen LogP contribution in [0.15, 0.2) is 28.8 Å². The van der Waals surface area contributed by atoms with Gasteiger partial charge in [-0.3, -0.25) is 0 Å². The van der Waals surface area contributed by atoms with E-state index in [1.165, 1.54) is 25.3 Å². The number of nitrogens with zero attached hydrogens (tertiary/aromatic N) is 2. The molecule has 0 bridgehead atoms. The zero-order chi connectivity index (χ0) is 21.1. The number of benzene rings is 2. The summed E-state index contributed by atoms with van der Waals surface area (Å²) in [5, 5.41) is 3.60. The summed E-state index contributed by atoms with van der Waals surface area (Å²) in [5.74, 6) is -8.58. The molecule has 1 heterocycles. The third-order valence-electron chi connectivity index (χ3n) is 3.52. The Morgan fingerprint density at radius 2 is 1.69 bits per heavy atom. The van der Waals surface area contributed by atoms with Crippen LogP contribution in [-0.4, -0.2) is 23.9 Å². The molecule has 0 saturated carbocycles. The first-order chi connectivity index (χ1) is 13.8. The van der Waals surface area contributed by atoms with Crippen molar-refractivity contribution in [3.63, 3.8) is 0 Å². The van der Waals surface area contributed by atoms with Crippen molar-refractivity contribution >= 4 is 0 Å². The van der Waals surface area contributed by atoms with Gasteiger partial charge in [-0.2, -0.15) is 22.5 Å². The normalized spacial score (nSPS) is 11.0. The van der Waals surface area contributed by atoms with Crippen LogP contribution in [0.4, 0.5) is 26.3 Å².